The van der Waals surface area contributed by atoms with E-state index in [1.807, 2.05) is 49.4 Å². The lowest BCUT2D eigenvalue weighted by molar-refractivity contribution is -0.122. The number of nitrogens with one attached hydrogen (secondary N) is 1. The summed E-state index contributed by atoms with van der Waals surface area (Å²) < 4.78 is 10.6. The van der Waals surface area contributed by atoms with Crippen molar-refractivity contribution in [2.75, 3.05) is 31.0 Å². The van der Waals surface area contributed by atoms with Crippen LogP contribution in [0, 0.1) is 12.8 Å². The van der Waals surface area contributed by atoms with Gasteiger partial charge in [0.2, 0.25) is 16.9 Å². The summed E-state index contributed by atoms with van der Waals surface area (Å²) in [6, 6.07) is 13.3. The second kappa shape index (κ2) is 9.35. The fourth-order valence-corrected chi connectivity index (χ4v) is 4.51. The van der Waals surface area contributed by atoms with Gasteiger partial charge >= 0.3 is 0 Å². The zero-order valence-corrected chi connectivity index (χ0v) is 18.9. The van der Waals surface area contributed by atoms with Crippen LogP contribution in [-0.2, 0) is 16.0 Å². The molecule has 0 aliphatic carbocycles. The highest BCUT2D eigenvalue weighted by Gasteiger charge is 2.36. The summed E-state index contributed by atoms with van der Waals surface area (Å²) in [4.78, 5) is 26.9. The summed E-state index contributed by atoms with van der Waals surface area (Å²) in [6.45, 7) is 2.31. The van der Waals surface area contributed by atoms with Gasteiger partial charge in [-0.25, -0.2) is 0 Å². The fraction of sp³-hybridized carbons (Fsp3) is 0.304. The van der Waals surface area contributed by atoms with Crippen LogP contribution in [0.3, 0.4) is 0 Å². The first-order chi connectivity index (χ1) is 15.5. The van der Waals surface area contributed by atoms with Crippen LogP contribution in [0.25, 0.3) is 0 Å². The van der Waals surface area contributed by atoms with Crippen LogP contribution in [0.15, 0.2) is 42.5 Å². The van der Waals surface area contributed by atoms with E-state index < -0.39 is 5.92 Å². The maximum atomic E-state index is 12.8. The highest BCUT2D eigenvalue weighted by molar-refractivity contribution is 7.15. The number of carbonyl (C=O) groups is 2. The molecule has 32 heavy (non-hydrogen) atoms. The second-order valence-electron chi connectivity index (χ2n) is 7.55. The predicted molar refractivity (Wildman–Crippen MR) is 123 cm³/mol. The molecule has 9 heteroatoms. The zero-order chi connectivity index (χ0) is 22.7. The Morgan fingerprint density at radius 1 is 1.16 bits per heavy atom. The van der Waals surface area contributed by atoms with Crippen LogP contribution < -0.4 is 19.7 Å². The van der Waals surface area contributed by atoms with Crippen molar-refractivity contribution in [3.05, 3.63) is 58.6 Å². The monoisotopic (exact) mass is 452 g/mol. The van der Waals surface area contributed by atoms with Crippen molar-refractivity contribution >= 4 is 34.0 Å². The van der Waals surface area contributed by atoms with Gasteiger partial charge in [-0.3, -0.25) is 9.59 Å². The SMILES string of the molecule is COc1ccc(Cc2nnc(NC(=O)[C@@H]3CC(=O)N(c4ccccc4C)C3)s2)cc1OC. The molecule has 3 aromatic rings. The molecule has 1 aliphatic heterocycles. The van der Waals surface area contributed by atoms with E-state index in [1.54, 1.807) is 19.1 Å². The molecule has 0 spiro atoms. The van der Waals surface area contributed by atoms with Crippen molar-refractivity contribution < 1.29 is 19.1 Å². The van der Waals surface area contributed by atoms with Crippen molar-refractivity contribution in [2.24, 2.45) is 5.92 Å². The van der Waals surface area contributed by atoms with E-state index in [2.05, 4.69) is 15.5 Å². The smallest absolute Gasteiger partial charge is 0.231 e. The molecule has 8 nitrogen and oxygen atoms in total. The van der Waals surface area contributed by atoms with E-state index >= 15 is 0 Å². The maximum Gasteiger partial charge on any atom is 0.231 e. The number of amides is 2. The molecule has 0 unspecified atom stereocenters. The molecule has 1 aliphatic rings. The molecule has 4 rings (SSSR count). The van der Waals surface area contributed by atoms with Crippen LogP contribution in [-0.4, -0.2) is 42.8 Å². The summed E-state index contributed by atoms with van der Waals surface area (Å²) in [5, 5.41) is 12.3. The Morgan fingerprint density at radius 3 is 2.69 bits per heavy atom. The van der Waals surface area contributed by atoms with Crippen LogP contribution in [0.5, 0.6) is 11.5 Å². The molecule has 2 aromatic carbocycles. The minimum atomic E-state index is -0.430. The number of anilines is 2. The number of rotatable bonds is 7. The lowest BCUT2D eigenvalue weighted by atomic mass is 10.1. The molecular weight excluding hydrogens is 428 g/mol. The van der Waals surface area contributed by atoms with Gasteiger partial charge in [-0.2, -0.15) is 0 Å². The highest BCUT2D eigenvalue weighted by Crippen LogP contribution is 2.30. The molecule has 0 radical (unpaired) electrons. The average molecular weight is 453 g/mol. The summed E-state index contributed by atoms with van der Waals surface area (Å²) in [5.74, 6) is 0.605. The number of nitrogens with zero attached hydrogens (tertiary/aromatic N) is 3. The van der Waals surface area contributed by atoms with E-state index in [0.717, 1.165) is 21.8 Å². The number of ether oxygens (including phenoxy) is 2. The van der Waals surface area contributed by atoms with Gasteiger partial charge in [0.15, 0.2) is 11.5 Å². The second-order valence-corrected chi connectivity index (χ2v) is 8.61. The van der Waals surface area contributed by atoms with Crippen molar-refractivity contribution in [3.8, 4) is 11.5 Å². The van der Waals surface area contributed by atoms with Gasteiger partial charge in [0.05, 0.1) is 20.1 Å². The Hall–Kier alpha value is -3.46. The molecule has 0 bridgehead atoms. The van der Waals surface area contributed by atoms with Gasteiger partial charge in [0.25, 0.3) is 0 Å². The number of hydrogen-bond donors (Lipinski definition) is 1. The third kappa shape index (κ3) is 4.57. The first kappa shape index (κ1) is 21.8. The minimum Gasteiger partial charge on any atom is -0.493 e. The average Bonchev–Trinajstić information content (AvgIpc) is 3.40. The molecule has 1 saturated heterocycles. The Bertz CT molecular complexity index is 1150. The lowest BCUT2D eigenvalue weighted by Gasteiger charge is -2.18. The van der Waals surface area contributed by atoms with Gasteiger partial charge in [-0.15, -0.1) is 10.2 Å². The van der Waals surface area contributed by atoms with Crippen molar-refractivity contribution in [3.63, 3.8) is 0 Å². The van der Waals surface area contributed by atoms with Crippen molar-refractivity contribution in [2.45, 2.75) is 19.8 Å². The fourth-order valence-electron chi connectivity index (χ4n) is 3.73. The van der Waals surface area contributed by atoms with Crippen molar-refractivity contribution in [1.29, 1.82) is 0 Å². The molecule has 1 atom stereocenters. The van der Waals surface area contributed by atoms with Crippen LogP contribution in [0.2, 0.25) is 0 Å². The molecule has 2 heterocycles. The summed E-state index contributed by atoms with van der Waals surface area (Å²) in [7, 11) is 3.18. The Labute approximate surface area is 190 Å². The largest absolute Gasteiger partial charge is 0.493 e. The van der Waals surface area contributed by atoms with E-state index in [9.17, 15) is 9.59 Å². The van der Waals surface area contributed by atoms with Crippen LogP contribution in [0.1, 0.15) is 22.6 Å². The quantitative estimate of drug-likeness (QED) is 0.590. The Morgan fingerprint density at radius 2 is 1.94 bits per heavy atom. The van der Waals surface area contributed by atoms with Gasteiger partial charge in [0, 0.05) is 25.1 Å². The summed E-state index contributed by atoms with van der Waals surface area (Å²) in [5.41, 5.74) is 2.85. The lowest BCUT2D eigenvalue weighted by Crippen LogP contribution is -2.28. The van der Waals surface area contributed by atoms with Gasteiger partial charge in [-0.05, 0) is 36.2 Å². The van der Waals surface area contributed by atoms with Crippen LogP contribution >= 0.6 is 11.3 Å². The molecule has 2 amide bonds. The third-order valence-corrected chi connectivity index (χ3v) is 6.24. The number of aryl methyl sites for hydroxylation is 1. The van der Waals surface area contributed by atoms with Crippen LogP contribution in [0.4, 0.5) is 10.8 Å². The Balaban J connectivity index is 1.39. The molecule has 1 N–H and O–H groups in total. The zero-order valence-electron chi connectivity index (χ0n) is 18.1. The van der Waals surface area contributed by atoms with E-state index in [4.69, 9.17) is 9.47 Å². The molecular formula is C23H24N4O4S. The predicted octanol–water partition coefficient (Wildman–Crippen LogP) is 3.45. The molecule has 1 fully saturated rings. The van der Waals surface area contributed by atoms with E-state index in [1.165, 1.54) is 11.3 Å². The van der Waals surface area contributed by atoms with E-state index in [0.29, 0.717) is 29.6 Å². The van der Waals surface area contributed by atoms with Gasteiger partial charge < -0.3 is 19.7 Å². The van der Waals surface area contributed by atoms with E-state index in [-0.39, 0.29) is 18.2 Å². The van der Waals surface area contributed by atoms with Crippen molar-refractivity contribution in [1.82, 2.24) is 10.2 Å². The normalized spacial score (nSPS) is 15.7. The number of carbonyl (C=O) groups excluding carboxylic acids is 2. The summed E-state index contributed by atoms with van der Waals surface area (Å²) in [6.07, 6.45) is 0.730. The highest BCUT2D eigenvalue weighted by atomic mass is 32.1. The Kier molecular flexibility index (Phi) is 6.36. The number of benzene rings is 2. The molecule has 0 saturated carbocycles. The molecule has 166 valence electrons. The number of methoxy groups -OCH3 is 2. The minimum absolute atomic E-state index is 0.0501. The topological polar surface area (TPSA) is 93.7 Å². The maximum absolute atomic E-state index is 12.8. The first-order valence-corrected chi connectivity index (χ1v) is 11.0. The number of aromatic nitrogens is 2. The summed E-state index contributed by atoms with van der Waals surface area (Å²) >= 11 is 1.31. The number of hydrogen-bond acceptors (Lipinski definition) is 7. The van der Waals surface area contributed by atoms with Gasteiger partial charge in [0.1, 0.15) is 5.01 Å². The van der Waals surface area contributed by atoms with Gasteiger partial charge in [-0.1, -0.05) is 35.6 Å². The molecule has 1 aromatic heterocycles. The first-order valence-electron chi connectivity index (χ1n) is 10.2. The third-order valence-electron chi connectivity index (χ3n) is 5.40. The standard InChI is InChI=1S/C23H24N4O4S/c1-14-6-4-5-7-17(14)27-13-16(12-21(27)28)22(29)24-23-26-25-20(32-23)11-15-8-9-18(30-2)19(10-15)31-3/h4-10,16H,11-13H2,1-3H3,(H,24,26,29)/t16-/m1/s1. The number of para-hydroxylation sites is 1.